The van der Waals surface area contributed by atoms with E-state index < -0.39 is 11.6 Å². The van der Waals surface area contributed by atoms with E-state index in [4.69, 9.17) is 4.52 Å². The molecule has 2 rings (SSSR count). The monoisotopic (exact) mass is 281 g/mol. The summed E-state index contributed by atoms with van der Waals surface area (Å²) in [6, 6.07) is 3.57. The Bertz CT molecular complexity index is 584. The maximum Gasteiger partial charge on any atom is 0.240 e. The molecule has 0 aliphatic heterocycles. The van der Waals surface area contributed by atoms with Crippen LogP contribution in [-0.2, 0) is 13.1 Å². The zero-order valence-electron chi connectivity index (χ0n) is 11.7. The van der Waals surface area contributed by atoms with Gasteiger partial charge < -0.3 is 4.52 Å². The average molecular weight is 281 g/mol. The average Bonchev–Trinajstić information content (AvgIpc) is 2.81. The quantitative estimate of drug-likeness (QED) is 0.844. The summed E-state index contributed by atoms with van der Waals surface area (Å²) in [5.74, 6) is 0.213. The van der Waals surface area contributed by atoms with Crippen LogP contribution >= 0.6 is 0 Å². The van der Waals surface area contributed by atoms with E-state index in [2.05, 4.69) is 10.1 Å². The Labute approximate surface area is 116 Å². The molecule has 0 spiro atoms. The van der Waals surface area contributed by atoms with Gasteiger partial charge in [-0.2, -0.15) is 4.98 Å². The standard InChI is InChI=1S/C14H17F2N3O/c1-9(2)14-17-13(20-18-14)8-19(3)7-10-4-5-11(15)6-12(10)16/h4-6,9H,7-8H2,1-3H3. The van der Waals surface area contributed by atoms with Crippen LogP contribution in [0.3, 0.4) is 0 Å². The number of halogens is 2. The van der Waals surface area contributed by atoms with E-state index in [9.17, 15) is 8.78 Å². The van der Waals surface area contributed by atoms with Gasteiger partial charge in [-0.1, -0.05) is 25.1 Å². The van der Waals surface area contributed by atoms with E-state index in [0.29, 0.717) is 30.4 Å². The van der Waals surface area contributed by atoms with Gasteiger partial charge in [-0.3, -0.25) is 4.90 Å². The third-order valence-electron chi connectivity index (χ3n) is 2.86. The number of nitrogens with zero attached hydrogens (tertiary/aromatic N) is 3. The number of hydrogen-bond donors (Lipinski definition) is 0. The smallest absolute Gasteiger partial charge is 0.240 e. The zero-order chi connectivity index (χ0) is 14.7. The van der Waals surface area contributed by atoms with Gasteiger partial charge >= 0.3 is 0 Å². The largest absolute Gasteiger partial charge is 0.338 e. The first-order valence-electron chi connectivity index (χ1n) is 6.40. The van der Waals surface area contributed by atoms with E-state index >= 15 is 0 Å². The molecule has 0 N–H and O–H groups in total. The number of aromatic nitrogens is 2. The van der Waals surface area contributed by atoms with Crippen molar-refractivity contribution in [2.24, 2.45) is 0 Å². The van der Waals surface area contributed by atoms with E-state index in [1.54, 1.807) is 0 Å². The highest BCUT2D eigenvalue weighted by Gasteiger charge is 2.13. The molecular formula is C14H17F2N3O. The second-order valence-electron chi connectivity index (χ2n) is 5.11. The van der Waals surface area contributed by atoms with Gasteiger partial charge in [-0.15, -0.1) is 0 Å². The van der Waals surface area contributed by atoms with Gasteiger partial charge in [-0.25, -0.2) is 8.78 Å². The minimum Gasteiger partial charge on any atom is -0.338 e. The topological polar surface area (TPSA) is 42.2 Å². The van der Waals surface area contributed by atoms with Crippen molar-refractivity contribution >= 4 is 0 Å². The van der Waals surface area contributed by atoms with Crippen LogP contribution in [0.4, 0.5) is 8.78 Å². The van der Waals surface area contributed by atoms with Gasteiger partial charge in [0.05, 0.1) is 6.54 Å². The van der Waals surface area contributed by atoms with E-state index in [1.807, 2.05) is 25.8 Å². The molecule has 1 aromatic carbocycles. The summed E-state index contributed by atoms with van der Waals surface area (Å²) in [4.78, 5) is 6.08. The van der Waals surface area contributed by atoms with Crippen molar-refractivity contribution in [3.8, 4) is 0 Å². The zero-order valence-corrected chi connectivity index (χ0v) is 11.7. The normalized spacial score (nSPS) is 11.6. The Balaban J connectivity index is 1.99. The van der Waals surface area contributed by atoms with Gasteiger partial charge in [0.25, 0.3) is 0 Å². The van der Waals surface area contributed by atoms with Crippen LogP contribution in [0.25, 0.3) is 0 Å². The molecule has 0 radical (unpaired) electrons. The first kappa shape index (κ1) is 14.6. The molecule has 0 aliphatic rings. The van der Waals surface area contributed by atoms with E-state index in [-0.39, 0.29) is 5.92 Å². The van der Waals surface area contributed by atoms with Crippen LogP contribution < -0.4 is 0 Å². The molecule has 1 aromatic heterocycles. The highest BCUT2D eigenvalue weighted by atomic mass is 19.1. The minimum atomic E-state index is -0.577. The fourth-order valence-corrected chi connectivity index (χ4v) is 1.79. The third kappa shape index (κ3) is 3.60. The SMILES string of the molecule is CC(C)c1noc(CN(C)Cc2ccc(F)cc2F)n1. The van der Waals surface area contributed by atoms with Crippen molar-refractivity contribution < 1.29 is 13.3 Å². The Morgan fingerprint density at radius 1 is 1.25 bits per heavy atom. The van der Waals surface area contributed by atoms with E-state index in [1.165, 1.54) is 12.1 Å². The predicted molar refractivity (Wildman–Crippen MR) is 69.9 cm³/mol. The summed E-state index contributed by atoms with van der Waals surface area (Å²) < 4.78 is 31.5. The lowest BCUT2D eigenvalue weighted by Gasteiger charge is -2.14. The van der Waals surface area contributed by atoms with Crippen LogP contribution in [0.5, 0.6) is 0 Å². The Kier molecular flexibility index (Phi) is 4.44. The second-order valence-corrected chi connectivity index (χ2v) is 5.11. The van der Waals surface area contributed by atoms with Crippen LogP contribution in [0.2, 0.25) is 0 Å². The molecule has 0 atom stereocenters. The molecular weight excluding hydrogens is 264 g/mol. The summed E-state index contributed by atoms with van der Waals surface area (Å²) in [5.41, 5.74) is 0.428. The van der Waals surface area contributed by atoms with Gasteiger partial charge in [0.15, 0.2) is 5.82 Å². The maximum absolute atomic E-state index is 13.5. The summed E-state index contributed by atoms with van der Waals surface area (Å²) in [6.07, 6.45) is 0. The van der Waals surface area contributed by atoms with Crippen molar-refractivity contribution in [3.05, 3.63) is 47.1 Å². The molecule has 0 aliphatic carbocycles. The van der Waals surface area contributed by atoms with Crippen molar-refractivity contribution in [3.63, 3.8) is 0 Å². The lowest BCUT2D eigenvalue weighted by Crippen LogP contribution is -2.18. The molecule has 20 heavy (non-hydrogen) atoms. The van der Waals surface area contributed by atoms with Crippen molar-refractivity contribution in [2.75, 3.05) is 7.05 Å². The molecule has 4 nitrogen and oxygen atoms in total. The van der Waals surface area contributed by atoms with Gasteiger partial charge in [0.2, 0.25) is 5.89 Å². The van der Waals surface area contributed by atoms with Crippen LogP contribution in [0.15, 0.2) is 22.7 Å². The summed E-state index contributed by atoms with van der Waals surface area (Å²) in [7, 11) is 1.81. The maximum atomic E-state index is 13.5. The number of hydrogen-bond acceptors (Lipinski definition) is 4. The van der Waals surface area contributed by atoms with Gasteiger partial charge in [-0.05, 0) is 13.1 Å². The van der Waals surface area contributed by atoms with Crippen LogP contribution in [0.1, 0.15) is 37.0 Å². The molecule has 0 fully saturated rings. The minimum absolute atomic E-state index is 0.201. The molecule has 0 saturated carbocycles. The summed E-state index contributed by atoms with van der Waals surface area (Å²) in [6.45, 7) is 4.71. The van der Waals surface area contributed by atoms with Crippen LogP contribution in [0, 0.1) is 11.6 Å². The van der Waals surface area contributed by atoms with Gasteiger partial charge in [0.1, 0.15) is 11.6 Å². The lowest BCUT2D eigenvalue weighted by molar-refractivity contribution is 0.257. The molecule has 6 heteroatoms. The molecule has 0 unspecified atom stereocenters. The molecule has 0 bridgehead atoms. The third-order valence-corrected chi connectivity index (χ3v) is 2.86. The predicted octanol–water partition coefficient (Wildman–Crippen LogP) is 3.10. The first-order valence-corrected chi connectivity index (χ1v) is 6.40. The number of benzene rings is 1. The molecule has 0 saturated heterocycles. The molecule has 2 aromatic rings. The summed E-state index contributed by atoms with van der Waals surface area (Å²) >= 11 is 0. The Hall–Kier alpha value is -1.82. The highest BCUT2D eigenvalue weighted by Crippen LogP contribution is 2.14. The highest BCUT2D eigenvalue weighted by molar-refractivity contribution is 5.18. The van der Waals surface area contributed by atoms with E-state index in [0.717, 1.165) is 6.07 Å². The Morgan fingerprint density at radius 2 is 2.00 bits per heavy atom. The fourth-order valence-electron chi connectivity index (χ4n) is 1.79. The van der Waals surface area contributed by atoms with Gasteiger partial charge in [0, 0.05) is 24.1 Å². The van der Waals surface area contributed by atoms with Crippen molar-refractivity contribution in [1.29, 1.82) is 0 Å². The Morgan fingerprint density at radius 3 is 2.60 bits per heavy atom. The van der Waals surface area contributed by atoms with Crippen LogP contribution in [-0.4, -0.2) is 22.1 Å². The molecule has 1 heterocycles. The fraction of sp³-hybridized carbons (Fsp3) is 0.429. The van der Waals surface area contributed by atoms with Crippen molar-refractivity contribution in [1.82, 2.24) is 15.0 Å². The second kappa shape index (κ2) is 6.09. The molecule has 108 valence electrons. The molecule has 0 amide bonds. The summed E-state index contributed by atoms with van der Waals surface area (Å²) in [5, 5.41) is 3.87. The number of rotatable bonds is 5. The van der Waals surface area contributed by atoms with Crippen molar-refractivity contribution in [2.45, 2.75) is 32.9 Å². The first-order chi connectivity index (χ1) is 9.45. The lowest BCUT2D eigenvalue weighted by atomic mass is 10.2.